The van der Waals surface area contributed by atoms with Crippen LogP contribution in [0.25, 0.3) is 0 Å². The van der Waals surface area contributed by atoms with E-state index in [1.165, 1.54) is 0 Å². The molecule has 29 heavy (non-hydrogen) atoms. The van der Waals surface area contributed by atoms with Crippen LogP contribution in [0.5, 0.6) is 11.5 Å². The minimum Gasteiger partial charge on any atom is -0.419 e. The molecule has 0 aliphatic carbocycles. The number of rotatable bonds is 8. The van der Waals surface area contributed by atoms with Gasteiger partial charge in [-0.3, -0.25) is 0 Å². The maximum Gasteiger partial charge on any atom is 0.343 e. The first kappa shape index (κ1) is 20.3. The van der Waals surface area contributed by atoms with Crippen LogP contribution in [0, 0.1) is 0 Å². The summed E-state index contributed by atoms with van der Waals surface area (Å²) in [6.45, 7) is 3.72. The van der Waals surface area contributed by atoms with E-state index in [-0.39, 0.29) is 11.5 Å². The van der Waals surface area contributed by atoms with Crippen molar-refractivity contribution < 1.29 is 19.1 Å². The van der Waals surface area contributed by atoms with Crippen molar-refractivity contribution in [3.8, 4) is 11.5 Å². The maximum atomic E-state index is 12.5. The van der Waals surface area contributed by atoms with E-state index in [1.807, 2.05) is 25.1 Å². The molecule has 0 aliphatic rings. The molecule has 5 nitrogen and oxygen atoms in total. The van der Waals surface area contributed by atoms with Gasteiger partial charge in [-0.1, -0.05) is 49.4 Å². The smallest absolute Gasteiger partial charge is 0.343 e. The first-order chi connectivity index (χ1) is 14.2. The molecule has 1 N–H and O–H groups in total. The summed E-state index contributed by atoms with van der Waals surface area (Å²) in [6.07, 6.45) is 0.761. The molecule has 3 aromatic rings. The van der Waals surface area contributed by atoms with Crippen molar-refractivity contribution in [1.82, 2.24) is 5.32 Å². The Kier molecular flexibility index (Phi) is 7.14. The summed E-state index contributed by atoms with van der Waals surface area (Å²) >= 11 is 0. The Labute approximate surface area is 170 Å². The van der Waals surface area contributed by atoms with Gasteiger partial charge in [-0.2, -0.15) is 0 Å². The summed E-state index contributed by atoms with van der Waals surface area (Å²) in [5, 5.41) is 3.26. The predicted octanol–water partition coefficient (Wildman–Crippen LogP) is 4.28. The maximum absolute atomic E-state index is 12.5. The van der Waals surface area contributed by atoms with Gasteiger partial charge in [0.1, 0.15) is 0 Å². The zero-order valence-electron chi connectivity index (χ0n) is 16.3. The van der Waals surface area contributed by atoms with E-state index < -0.39 is 11.9 Å². The second-order valence-corrected chi connectivity index (χ2v) is 6.40. The van der Waals surface area contributed by atoms with Gasteiger partial charge in [0, 0.05) is 0 Å². The van der Waals surface area contributed by atoms with E-state index in [0.29, 0.717) is 11.1 Å². The van der Waals surface area contributed by atoms with Gasteiger partial charge in [-0.05, 0) is 61.5 Å². The molecular formula is C24H23NO4. The number of carbonyl (C=O) groups excluding carboxylic acids is 2. The first-order valence-electron chi connectivity index (χ1n) is 9.55. The van der Waals surface area contributed by atoms with Crippen LogP contribution in [-0.4, -0.2) is 25.0 Å². The molecule has 0 radical (unpaired) electrons. The van der Waals surface area contributed by atoms with E-state index >= 15 is 0 Å². The van der Waals surface area contributed by atoms with Gasteiger partial charge < -0.3 is 14.8 Å². The predicted molar refractivity (Wildman–Crippen MR) is 111 cm³/mol. The monoisotopic (exact) mass is 389 g/mol. The minimum atomic E-state index is -0.511. The first-order valence-corrected chi connectivity index (χ1v) is 9.55. The minimum absolute atomic E-state index is 0.204. The Balaban J connectivity index is 1.83. The lowest BCUT2D eigenvalue weighted by atomic mass is 10.1. The number of nitrogens with one attached hydrogen (secondary N) is 1. The van der Waals surface area contributed by atoms with Crippen molar-refractivity contribution in [2.45, 2.75) is 13.3 Å². The SMILES string of the molecule is CCNCCc1ccc(OC(=O)c2ccccc2)c(OC(=O)c2ccccc2)c1. The average Bonchev–Trinajstić information content (AvgIpc) is 2.76. The van der Waals surface area contributed by atoms with E-state index in [1.54, 1.807) is 60.7 Å². The fraction of sp³-hybridized carbons (Fsp3) is 0.167. The molecule has 0 atom stereocenters. The van der Waals surface area contributed by atoms with E-state index in [9.17, 15) is 9.59 Å². The van der Waals surface area contributed by atoms with Crippen molar-refractivity contribution in [2.75, 3.05) is 13.1 Å². The third kappa shape index (κ3) is 5.77. The summed E-state index contributed by atoms with van der Waals surface area (Å²) in [5.41, 5.74) is 1.82. The summed E-state index contributed by atoms with van der Waals surface area (Å²) in [7, 11) is 0. The number of esters is 2. The van der Waals surface area contributed by atoms with Gasteiger partial charge in [-0.25, -0.2) is 9.59 Å². The standard InChI is InChI=1S/C24H23NO4/c1-2-25-16-15-18-13-14-21(28-23(26)19-9-5-3-6-10-19)22(17-18)29-24(27)20-11-7-4-8-12-20/h3-14,17,25H,2,15-16H2,1H3. The molecule has 0 amide bonds. The number of carbonyl (C=O) groups is 2. The fourth-order valence-corrected chi connectivity index (χ4v) is 2.75. The van der Waals surface area contributed by atoms with E-state index in [0.717, 1.165) is 25.1 Å². The highest BCUT2D eigenvalue weighted by Gasteiger charge is 2.17. The van der Waals surface area contributed by atoms with Crippen molar-refractivity contribution in [1.29, 1.82) is 0 Å². The largest absolute Gasteiger partial charge is 0.419 e. The zero-order valence-corrected chi connectivity index (χ0v) is 16.3. The molecule has 0 aliphatic heterocycles. The lowest BCUT2D eigenvalue weighted by Gasteiger charge is -2.13. The molecule has 0 saturated heterocycles. The molecule has 5 heteroatoms. The zero-order chi connectivity index (χ0) is 20.5. The Bertz CT molecular complexity index is 955. The molecule has 148 valence electrons. The number of ether oxygens (including phenoxy) is 2. The van der Waals surface area contributed by atoms with Crippen molar-refractivity contribution in [2.24, 2.45) is 0 Å². The molecule has 0 heterocycles. The van der Waals surface area contributed by atoms with E-state index in [2.05, 4.69) is 5.32 Å². The second kappa shape index (κ2) is 10.2. The van der Waals surface area contributed by atoms with E-state index in [4.69, 9.17) is 9.47 Å². The second-order valence-electron chi connectivity index (χ2n) is 6.40. The summed E-state index contributed by atoms with van der Waals surface area (Å²) in [6, 6.07) is 22.7. The fourth-order valence-electron chi connectivity index (χ4n) is 2.75. The highest BCUT2D eigenvalue weighted by Crippen LogP contribution is 2.30. The van der Waals surface area contributed by atoms with Gasteiger partial charge in [0.25, 0.3) is 0 Å². The Morgan fingerprint density at radius 1 is 0.759 bits per heavy atom. The number of benzene rings is 3. The van der Waals surface area contributed by atoms with Gasteiger partial charge in [0.15, 0.2) is 11.5 Å². The quantitative estimate of drug-likeness (QED) is 0.354. The molecule has 3 rings (SSSR count). The number of hydrogen-bond donors (Lipinski definition) is 1. The van der Waals surface area contributed by atoms with Crippen LogP contribution in [-0.2, 0) is 6.42 Å². The lowest BCUT2D eigenvalue weighted by Crippen LogP contribution is -2.16. The highest BCUT2D eigenvalue weighted by molar-refractivity contribution is 5.93. The van der Waals surface area contributed by atoms with Crippen LogP contribution >= 0.6 is 0 Å². The van der Waals surface area contributed by atoms with Gasteiger partial charge >= 0.3 is 11.9 Å². The van der Waals surface area contributed by atoms with Gasteiger partial charge in [0.2, 0.25) is 0 Å². The van der Waals surface area contributed by atoms with Crippen LogP contribution < -0.4 is 14.8 Å². The average molecular weight is 389 g/mol. The Morgan fingerprint density at radius 3 is 1.86 bits per heavy atom. The number of hydrogen-bond acceptors (Lipinski definition) is 5. The van der Waals surface area contributed by atoms with Crippen LogP contribution in [0.2, 0.25) is 0 Å². The van der Waals surface area contributed by atoms with Gasteiger partial charge in [0.05, 0.1) is 11.1 Å². The van der Waals surface area contributed by atoms with Crippen LogP contribution in [0.4, 0.5) is 0 Å². The Morgan fingerprint density at radius 2 is 1.31 bits per heavy atom. The molecule has 0 fully saturated rings. The molecule has 0 spiro atoms. The number of likely N-dealkylation sites (N-methyl/N-ethyl adjacent to an activating group) is 1. The van der Waals surface area contributed by atoms with Crippen LogP contribution in [0.15, 0.2) is 78.9 Å². The molecule has 0 bridgehead atoms. The molecular weight excluding hydrogens is 366 g/mol. The summed E-state index contributed by atoms with van der Waals surface area (Å²) in [5.74, 6) is -0.595. The third-order valence-electron chi connectivity index (χ3n) is 4.27. The molecule has 0 saturated carbocycles. The van der Waals surface area contributed by atoms with Crippen LogP contribution in [0.1, 0.15) is 33.2 Å². The van der Waals surface area contributed by atoms with Crippen molar-refractivity contribution >= 4 is 11.9 Å². The summed E-state index contributed by atoms with van der Waals surface area (Å²) < 4.78 is 11.1. The normalized spacial score (nSPS) is 10.4. The van der Waals surface area contributed by atoms with Crippen LogP contribution in [0.3, 0.4) is 0 Å². The Hall–Kier alpha value is -3.44. The van der Waals surface area contributed by atoms with Crippen molar-refractivity contribution in [3.63, 3.8) is 0 Å². The molecule has 3 aromatic carbocycles. The molecule has 0 unspecified atom stereocenters. The van der Waals surface area contributed by atoms with Gasteiger partial charge in [-0.15, -0.1) is 0 Å². The summed E-state index contributed by atoms with van der Waals surface area (Å²) in [4.78, 5) is 25.0. The molecule has 0 aromatic heterocycles. The lowest BCUT2D eigenvalue weighted by molar-refractivity contribution is 0.0682. The topological polar surface area (TPSA) is 64.6 Å². The third-order valence-corrected chi connectivity index (χ3v) is 4.27. The van der Waals surface area contributed by atoms with Crippen molar-refractivity contribution in [3.05, 3.63) is 95.6 Å². The highest BCUT2D eigenvalue weighted by atomic mass is 16.6.